The zero-order chi connectivity index (χ0) is 27.4. The summed E-state index contributed by atoms with van der Waals surface area (Å²) in [6, 6.07) is 3.38. The van der Waals surface area contributed by atoms with E-state index < -0.39 is 20.5 Å². The summed E-state index contributed by atoms with van der Waals surface area (Å²) in [5.41, 5.74) is 8.15. The molecule has 0 atom stereocenters. The maximum absolute atomic E-state index is 13.3. The highest BCUT2D eigenvalue weighted by molar-refractivity contribution is 7.92. The van der Waals surface area contributed by atoms with E-state index in [0.717, 1.165) is 10.6 Å². The van der Waals surface area contributed by atoms with Crippen molar-refractivity contribution in [2.45, 2.75) is 50.8 Å². The van der Waals surface area contributed by atoms with E-state index in [2.05, 4.69) is 19.7 Å². The molecule has 0 bridgehead atoms. The van der Waals surface area contributed by atoms with Gasteiger partial charge < -0.3 is 20.9 Å². The van der Waals surface area contributed by atoms with Crippen LogP contribution >= 0.6 is 11.5 Å². The Hall–Kier alpha value is -3.29. The Morgan fingerprint density at radius 3 is 2.68 bits per heavy atom. The highest BCUT2D eigenvalue weighted by atomic mass is 32.2. The molecule has 11 nitrogen and oxygen atoms in total. The molecule has 3 rings (SSSR count). The summed E-state index contributed by atoms with van der Waals surface area (Å²) in [5.74, 6) is -0.332. The van der Waals surface area contributed by atoms with Crippen LogP contribution in [0.4, 0.5) is 0 Å². The summed E-state index contributed by atoms with van der Waals surface area (Å²) in [6.07, 6.45) is 4.31. The molecule has 0 aliphatic heterocycles. The van der Waals surface area contributed by atoms with Crippen LogP contribution in [0, 0.1) is 6.92 Å². The zero-order valence-electron chi connectivity index (χ0n) is 21.5. The van der Waals surface area contributed by atoms with Gasteiger partial charge >= 0.3 is 0 Å². The number of ether oxygens (including phenoxy) is 1. The van der Waals surface area contributed by atoms with Crippen LogP contribution in [0.15, 0.2) is 40.5 Å². The van der Waals surface area contributed by atoms with Crippen molar-refractivity contribution in [2.24, 2.45) is 10.7 Å². The Balaban J connectivity index is 2.01. The fraction of sp³-hybridized carbons (Fsp3) is 0.417. The lowest BCUT2D eigenvalue weighted by atomic mass is 10.2. The van der Waals surface area contributed by atoms with Gasteiger partial charge in [0.2, 0.25) is 0 Å². The van der Waals surface area contributed by atoms with Gasteiger partial charge in [-0.2, -0.15) is 4.37 Å². The van der Waals surface area contributed by atoms with E-state index >= 15 is 0 Å². The van der Waals surface area contributed by atoms with Crippen molar-refractivity contribution in [2.75, 3.05) is 19.8 Å². The third-order valence-electron chi connectivity index (χ3n) is 5.28. The van der Waals surface area contributed by atoms with Gasteiger partial charge in [-0.25, -0.2) is 13.4 Å². The second-order valence-electron chi connectivity index (χ2n) is 9.13. The molecule has 3 aromatic rings. The molecular weight excluding hydrogens is 516 g/mol. The number of nitrogens with zero attached hydrogens (tertiary/aromatic N) is 4. The van der Waals surface area contributed by atoms with Crippen LogP contribution in [0.1, 0.15) is 44.0 Å². The number of rotatable bonds is 10. The normalized spacial score (nSPS) is 13.2. The predicted octanol–water partition coefficient (Wildman–Crippen LogP) is 2.12. The monoisotopic (exact) mass is 548 g/mol. The maximum Gasteiger partial charge on any atom is 0.269 e. The van der Waals surface area contributed by atoms with E-state index in [1.165, 1.54) is 40.5 Å². The molecule has 4 N–H and O–H groups in total. The van der Waals surface area contributed by atoms with E-state index in [0.29, 0.717) is 17.9 Å². The quantitative estimate of drug-likeness (QED) is 0.325. The van der Waals surface area contributed by atoms with Gasteiger partial charge in [0, 0.05) is 23.7 Å². The molecule has 200 valence electrons. The van der Waals surface area contributed by atoms with Crippen molar-refractivity contribution in [3.63, 3.8) is 0 Å². The number of hydrogen-bond donors (Lipinski definition) is 3. The Morgan fingerprint density at radius 1 is 1.35 bits per heavy atom. The number of imidazole rings is 1. The molecule has 1 amide bonds. The lowest BCUT2D eigenvalue weighted by molar-refractivity contribution is -0.114. The van der Waals surface area contributed by atoms with E-state index in [-0.39, 0.29) is 41.8 Å². The van der Waals surface area contributed by atoms with Gasteiger partial charge in [-0.15, -0.1) is 0 Å². The average Bonchev–Trinajstić information content (AvgIpc) is 3.44. The lowest BCUT2D eigenvalue weighted by Gasteiger charge is -2.21. The average molecular weight is 549 g/mol. The number of nitrogens with one attached hydrogen (secondary N) is 1. The van der Waals surface area contributed by atoms with Gasteiger partial charge in [0.05, 0.1) is 41.2 Å². The van der Waals surface area contributed by atoms with Crippen LogP contribution in [0.2, 0.25) is 0 Å². The summed E-state index contributed by atoms with van der Waals surface area (Å²) < 4.78 is 36.9. The van der Waals surface area contributed by atoms with Crippen LogP contribution in [0.3, 0.4) is 0 Å². The first-order valence-corrected chi connectivity index (χ1v) is 13.9. The van der Waals surface area contributed by atoms with Crippen molar-refractivity contribution < 1.29 is 23.1 Å². The Labute approximate surface area is 220 Å². The Kier molecular flexibility index (Phi) is 8.72. The van der Waals surface area contributed by atoms with Crippen LogP contribution in [0.25, 0.3) is 11.3 Å². The minimum absolute atomic E-state index is 0.0632. The molecule has 0 aliphatic carbocycles. The topological polar surface area (TPSA) is 161 Å². The third kappa shape index (κ3) is 6.35. The summed E-state index contributed by atoms with van der Waals surface area (Å²) in [4.78, 5) is 22.4. The first-order chi connectivity index (χ1) is 17.4. The predicted molar refractivity (Wildman–Crippen MR) is 144 cm³/mol. The molecule has 0 saturated carbocycles. The standard InChI is InChI=1S/C24H32N6O5S2/c1-6-26-18(23(32)28-12-16-9-15(2)36-29-16)10-17(25)19-13-27-22-11-20(35-8-7-31)21(14-30(19)22)37(33,34)24(3,4)5/h9-11,13-14,31H,6-8,12,25H2,1-5H3,(H,28,32). The number of aliphatic hydroxyl groups excluding tert-OH is 1. The molecule has 0 radical (unpaired) electrons. The van der Waals surface area contributed by atoms with Crippen molar-refractivity contribution in [3.05, 3.63) is 46.9 Å². The number of amides is 1. The summed E-state index contributed by atoms with van der Waals surface area (Å²) in [6.45, 7) is 8.75. The number of aryl methyl sites for hydroxylation is 1. The number of pyridine rings is 1. The van der Waals surface area contributed by atoms with Crippen LogP contribution in [-0.4, -0.2) is 63.4 Å². The maximum atomic E-state index is 13.3. The van der Waals surface area contributed by atoms with Crippen molar-refractivity contribution in [3.8, 4) is 5.75 Å². The molecule has 3 heterocycles. The number of nitrogens with two attached hydrogens (primary N) is 1. The van der Waals surface area contributed by atoms with Crippen LogP contribution < -0.4 is 15.8 Å². The first kappa shape index (κ1) is 28.3. The van der Waals surface area contributed by atoms with E-state index in [1.807, 2.05) is 13.0 Å². The number of carbonyl (C=O) groups excluding carboxylic acids is 1. The highest BCUT2D eigenvalue weighted by Crippen LogP contribution is 2.33. The Morgan fingerprint density at radius 2 is 2.08 bits per heavy atom. The van der Waals surface area contributed by atoms with E-state index in [9.17, 15) is 18.3 Å². The smallest absolute Gasteiger partial charge is 0.269 e. The van der Waals surface area contributed by atoms with Gasteiger partial charge in [0.15, 0.2) is 9.84 Å². The molecule has 0 aliphatic rings. The summed E-state index contributed by atoms with van der Waals surface area (Å²) >= 11 is 1.36. The summed E-state index contributed by atoms with van der Waals surface area (Å²) in [7, 11) is -3.83. The largest absolute Gasteiger partial charge is 0.490 e. The molecule has 0 spiro atoms. The van der Waals surface area contributed by atoms with Gasteiger partial charge in [0.1, 0.15) is 28.6 Å². The lowest BCUT2D eigenvalue weighted by Crippen LogP contribution is -2.30. The second-order valence-corrected chi connectivity index (χ2v) is 12.8. The van der Waals surface area contributed by atoms with Crippen LogP contribution in [-0.2, 0) is 21.2 Å². The SMILES string of the molecule is CCN=C(C=C(N)c1cnc2cc(OCCO)c(S(=O)(=O)C(C)(C)C)cn12)C(=O)NCc1cc(C)sn1. The van der Waals surface area contributed by atoms with E-state index in [4.69, 9.17) is 10.5 Å². The number of hydrogen-bond acceptors (Lipinski definition) is 10. The molecular formula is C24H32N6O5S2. The minimum atomic E-state index is -3.83. The van der Waals surface area contributed by atoms with Crippen LogP contribution in [0.5, 0.6) is 5.75 Å². The van der Waals surface area contributed by atoms with Gasteiger partial charge in [0.25, 0.3) is 5.91 Å². The number of aliphatic imine (C=N–C) groups is 1. The molecule has 0 saturated heterocycles. The molecule has 0 unspecified atom stereocenters. The van der Waals surface area contributed by atoms with Gasteiger partial charge in [-0.05, 0) is 58.3 Å². The number of fused-ring (bicyclic) bond motifs is 1. The minimum Gasteiger partial charge on any atom is -0.490 e. The number of aromatic nitrogens is 3. The van der Waals surface area contributed by atoms with Gasteiger partial charge in [-0.1, -0.05) is 0 Å². The molecule has 0 aromatic carbocycles. The highest BCUT2D eigenvalue weighted by Gasteiger charge is 2.34. The van der Waals surface area contributed by atoms with E-state index in [1.54, 1.807) is 27.7 Å². The Bertz CT molecular complexity index is 1450. The molecule has 0 fully saturated rings. The van der Waals surface area contributed by atoms with Crippen molar-refractivity contribution in [1.82, 2.24) is 19.1 Å². The zero-order valence-corrected chi connectivity index (χ0v) is 23.1. The first-order valence-electron chi connectivity index (χ1n) is 11.6. The van der Waals surface area contributed by atoms with Crippen molar-refractivity contribution in [1.29, 1.82) is 0 Å². The second kappa shape index (κ2) is 11.4. The number of sulfone groups is 1. The summed E-state index contributed by atoms with van der Waals surface area (Å²) in [5, 5.41) is 12.0. The fourth-order valence-corrected chi connectivity index (χ4v) is 5.19. The van der Waals surface area contributed by atoms with Crippen molar-refractivity contribution >= 4 is 44.3 Å². The molecule has 3 aromatic heterocycles. The molecule has 37 heavy (non-hydrogen) atoms. The number of aliphatic hydroxyl groups is 1. The number of carbonyl (C=O) groups is 1. The fourth-order valence-electron chi connectivity index (χ4n) is 3.34. The molecule has 13 heteroatoms. The third-order valence-corrected chi connectivity index (χ3v) is 8.50. The van der Waals surface area contributed by atoms with Gasteiger partial charge in [-0.3, -0.25) is 14.2 Å².